The number of pyridine rings is 1. The molecule has 0 saturated heterocycles. The van der Waals surface area contributed by atoms with E-state index >= 15 is 0 Å². The van der Waals surface area contributed by atoms with Crippen LogP contribution in [0.4, 0.5) is 0 Å². The molecule has 2 heterocycles. The minimum Gasteiger partial charge on any atom is -0.289 e. The highest BCUT2D eigenvalue weighted by Crippen LogP contribution is 2.26. The summed E-state index contributed by atoms with van der Waals surface area (Å²) in [6.07, 6.45) is 1.80. The van der Waals surface area contributed by atoms with E-state index in [0.29, 0.717) is 0 Å². The minimum atomic E-state index is 0.723. The first-order valence-electron chi connectivity index (χ1n) is 5.81. The lowest BCUT2D eigenvalue weighted by Crippen LogP contribution is -2.16. The molecule has 1 aliphatic rings. The smallest absolute Gasteiger partial charge is 0.0730 e. The van der Waals surface area contributed by atoms with Crippen LogP contribution in [0.5, 0.6) is 0 Å². The van der Waals surface area contributed by atoms with Gasteiger partial charge in [-0.3, -0.25) is 9.88 Å². The molecule has 0 amide bonds. The molecular formula is C14H12BrClN2. The molecule has 2 nitrogen and oxygen atoms in total. The number of fused-ring (bicyclic) bond motifs is 1. The molecule has 0 aliphatic carbocycles. The van der Waals surface area contributed by atoms with Crippen LogP contribution in [0.3, 0.4) is 0 Å². The molecule has 0 spiro atoms. The van der Waals surface area contributed by atoms with E-state index in [9.17, 15) is 0 Å². The first-order valence-corrected chi connectivity index (χ1v) is 6.98. The fourth-order valence-electron chi connectivity index (χ4n) is 2.29. The van der Waals surface area contributed by atoms with Gasteiger partial charge in [0.15, 0.2) is 0 Å². The first-order chi connectivity index (χ1) is 8.72. The van der Waals surface area contributed by atoms with Crippen LogP contribution in [0, 0.1) is 0 Å². The predicted octanol–water partition coefficient (Wildman–Crippen LogP) is 4.01. The van der Waals surface area contributed by atoms with Crippen molar-refractivity contribution in [2.45, 2.75) is 19.6 Å². The third-order valence-electron chi connectivity index (χ3n) is 3.16. The second-order valence-corrected chi connectivity index (χ2v) is 5.82. The van der Waals surface area contributed by atoms with Gasteiger partial charge in [0.2, 0.25) is 0 Å². The van der Waals surface area contributed by atoms with Gasteiger partial charge in [-0.15, -0.1) is 0 Å². The maximum atomic E-state index is 6.20. The Bertz CT molecular complexity index is 561. The van der Waals surface area contributed by atoms with Gasteiger partial charge in [-0.2, -0.15) is 0 Å². The van der Waals surface area contributed by atoms with Gasteiger partial charge in [-0.25, -0.2) is 0 Å². The summed E-state index contributed by atoms with van der Waals surface area (Å²) < 4.78 is 0.918. The molecule has 4 heteroatoms. The van der Waals surface area contributed by atoms with Gasteiger partial charge in [0, 0.05) is 30.3 Å². The third-order valence-corrected chi connectivity index (χ3v) is 3.92. The van der Waals surface area contributed by atoms with E-state index in [4.69, 9.17) is 11.6 Å². The number of benzene rings is 1. The molecule has 1 aliphatic heterocycles. The Kier molecular flexibility index (Phi) is 3.37. The topological polar surface area (TPSA) is 16.1 Å². The SMILES string of the molecule is Clc1cc(Br)cnc1CN1Cc2ccccc2C1. The minimum absolute atomic E-state index is 0.723. The van der Waals surface area contributed by atoms with Gasteiger partial charge in [-0.05, 0) is 33.1 Å². The van der Waals surface area contributed by atoms with E-state index in [1.165, 1.54) is 11.1 Å². The molecule has 0 radical (unpaired) electrons. The quantitative estimate of drug-likeness (QED) is 0.830. The molecule has 3 rings (SSSR count). The van der Waals surface area contributed by atoms with E-state index in [0.717, 1.165) is 34.8 Å². The van der Waals surface area contributed by atoms with Crippen molar-refractivity contribution >= 4 is 27.5 Å². The molecule has 2 aromatic rings. The summed E-state index contributed by atoms with van der Waals surface area (Å²) in [4.78, 5) is 6.74. The summed E-state index contributed by atoms with van der Waals surface area (Å²) in [6.45, 7) is 2.75. The van der Waals surface area contributed by atoms with Crippen LogP contribution in [-0.4, -0.2) is 9.88 Å². The molecule has 0 fully saturated rings. The second-order valence-electron chi connectivity index (χ2n) is 4.50. The van der Waals surface area contributed by atoms with Crippen LogP contribution >= 0.6 is 27.5 Å². The lowest BCUT2D eigenvalue weighted by molar-refractivity contribution is 0.272. The van der Waals surface area contributed by atoms with Crippen molar-refractivity contribution in [3.8, 4) is 0 Å². The van der Waals surface area contributed by atoms with Crippen molar-refractivity contribution in [3.05, 3.63) is 62.8 Å². The zero-order chi connectivity index (χ0) is 12.5. The highest BCUT2D eigenvalue weighted by atomic mass is 79.9. The molecule has 1 aromatic carbocycles. The molecule has 0 saturated carbocycles. The average Bonchev–Trinajstić information content (AvgIpc) is 2.75. The Morgan fingerprint density at radius 3 is 2.50 bits per heavy atom. The number of rotatable bonds is 2. The van der Waals surface area contributed by atoms with E-state index in [2.05, 4.69) is 50.1 Å². The average molecular weight is 324 g/mol. The predicted molar refractivity (Wildman–Crippen MR) is 76.3 cm³/mol. The van der Waals surface area contributed by atoms with Gasteiger partial charge in [0.1, 0.15) is 0 Å². The van der Waals surface area contributed by atoms with Gasteiger partial charge >= 0.3 is 0 Å². The second kappa shape index (κ2) is 5.00. The maximum absolute atomic E-state index is 6.20. The van der Waals surface area contributed by atoms with Crippen LogP contribution < -0.4 is 0 Å². The monoisotopic (exact) mass is 322 g/mol. The third kappa shape index (κ3) is 2.44. The highest BCUT2D eigenvalue weighted by Gasteiger charge is 2.19. The van der Waals surface area contributed by atoms with Gasteiger partial charge in [0.05, 0.1) is 10.7 Å². The van der Waals surface area contributed by atoms with Crippen molar-refractivity contribution in [1.29, 1.82) is 0 Å². The van der Waals surface area contributed by atoms with Crippen LogP contribution in [0.1, 0.15) is 16.8 Å². The van der Waals surface area contributed by atoms with E-state index < -0.39 is 0 Å². The Hall–Kier alpha value is -0.900. The van der Waals surface area contributed by atoms with Crippen molar-refractivity contribution in [2.75, 3.05) is 0 Å². The molecule has 0 N–H and O–H groups in total. The fourth-order valence-corrected chi connectivity index (χ4v) is 2.98. The molecule has 18 heavy (non-hydrogen) atoms. The Morgan fingerprint density at radius 1 is 1.22 bits per heavy atom. The maximum Gasteiger partial charge on any atom is 0.0730 e. The van der Waals surface area contributed by atoms with Crippen molar-refractivity contribution in [3.63, 3.8) is 0 Å². The number of hydrogen-bond donors (Lipinski definition) is 0. The molecule has 92 valence electrons. The fraction of sp³-hybridized carbons (Fsp3) is 0.214. The summed E-state index contributed by atoms with van der Waals surface area (Å²) >= 11 is 9.57. The molecule has 1 aromatic heterocycles. The standard InChI is InChI=1S/C14H12BrClN2/c15-12-5-13(16)14(17-6-12)9-18-7-10-3-1-2-4-11(10)8-18/h1-6H,7-9H2. The first kappa shape index (κ1) is 12.2. The molecule has 0 unspecified atom stereocenters. The molecule has 0 atom stereocenters. The number of halogens is 2. The number of nitrogens with zero attached hydrogens (tertiary/aromatic N) is 2. The molecule has 0 bridgehead atoms. The molecular weight excluding hydrogens is 312 g/mol. The summed E-state index contributed by atoms with van der Waals surface area (Å²) in [5.41, 5.74) is 3.75. The Labute approximate surface area is 120 Å². The van der Waals surface area contributed by atoms with Gasteiger partial charge < -0.3 is 0 Å². The van der Waals surface area contributed by atoms with Crippen LogP contribution in [0.25, 0.3) is 0 Å². The van der Waals surface area contributed by atoms with Gasteiger partial charge in [-0.1, -0.05) is 35.9 Å². The lowest BCUT2D eigenvalue weighted by atomic mass is 10.1. The zero-order valence-corrected chi connectivity index (χ0v) is 12.1. The Balaban J connectivity index is 1.76. The van der Waals surface area contributed by atoms with Crippen molar-refractivity contribution < 1.29 is 0 Å². The van der Waals surface area contributed by atoms with Crippen LogP contribution in [0.2, 0.25) is 5.02 Å². The summed E-state index contributed by atoms with van der Waals surface area (Å²) in [5.74, 6) is 0. The van der Waals surface area contributed by atoms with Crippen molar-refractivity contribution in [2.24, 2.45) is 0 Å². The largest absolute Gasteiger partial charge is 0.289 e. The van der Waals surface area contributed by atoms with Crippen molar-refractivity contribution in [1.82, 2.24) is 9.88 Å². The summed E-state index contributed by atoms with van der Waals surface area (Å²) in [6, 6.07) is 10.4. The Morgan fingerprint density at radius 2 is 1.89 bits per heavy atom. The highest BCUT2D eigenvalue weighted by molar-refractivity contribution is 9.10. The van der Waals surface area contributed by atoms with Gasteiger partial charge in [0.25, 0.3) is 0 Å². The number of hydrogen-bond acceptors (Lipinski definition) is 2. The van der Waals surface area contributed by atoms with E-state index in [1.54, 1.807) is 6.20 Å². The summed E-state index contributed by atoms with van der Waals surface area (Å²) in [5, 5.41) is 0.723. The van der Waals surface area contributed by atoms with E-state index in [1.807, 2.05) is 6.07 Å². The summed E-state index contributed by atoms with van der Waals surface area (Å²) in [7, 11) is 0. The zero-order valence-electron chi connectivity index (χ0n) is 9.74. The van der Waals surface area contributed by atoms with Crippen LogP contribution in [-0.2, 0) is 19.6 Å². The lowest BCUT2D eigenvalue weighted by Gasteiger charge is -2.15. The van der Waals surface area contributed by atoms with Crippen LogP contribution in [0.15, 0.2) is 41.0 Å². The number of aromatic nitrogens is 1. The van der Waals surface area contributed by atoms with E-state index in [-0.39, 0.29) is 0 Å². The normalized spacial score (nSPS) is 14.8.